The van der Waals surface area contributed by atoms with Crippen LogP contribution in [0.3, 0.4) is 0 Å². The van der Waals surface area contributed by atoms with Crippen molar-refractivity contribution in [1.29, 1.82) is 0 Å². The fraction of sp³-hybridized carbons (Fsp3) is 0.409. The summed E-state index contributed by atoms with van der Waals surface area (Å²) in [5.74, 6) is 0.0505. The molecule has 0 spiro atoms. The lowest BCUT2D eigenvalue weighted by molar-refractivity contribution is 0.127. The SMILES string of the molecule is CC(C)[C@@H](O)c1cccc(C(C)(C)C)c1N(C)C(=O)Nc1ccccc1. The maximum atomic E-state index is 12.9. The average Bonchev–Trinajstić information content (AvgIpc) is 2.59. The molecule has 4 heteroatoms. The smallest absolute Gasteiger partial charge is 0.326 e. The van der Waals surface area contributed by atoms with Gasteiger partial charge in [-0.2, -0.15) is 0 Å². The topological polar surface area (TPSA) is 52.6 Å². The highest BCUT2D eigenvalue weighted by Crippen LogP contribution is 2.39. The number of hydrogen-bond acceptors (Lipinski definition) is 2. The summed E-state index contributed by atoms with van der Waals surface area (Å²) in [5, 5.41) is 13.7. The molecule has 0 fully saturated rings. The van der Waals surface area contributed by atoms with Gasteiger partial charge in [-0.15, -0.1) is 0 Å². The van der Waals surface area contributed by atoms with Crippen molar-refractivity contribution < 1.29 is 9.90 Å². The molecule has 2 aromatic rings. The van der Waals surface area contributed by atoms with Gasteiger partial charge in [-0.25, -0.2) is 4.79 Å². The molecule has 140 valence electrons. The number of para-hydroxylation sites is 2. The molecule has 26 heavy (non-hydrogen) atoms. The third-order valence-electron chi connectivity index (χ3n) is 4.49. The van der Waals surface area contributed by atoms with E-state index in [2.05, 4.69) is 26.1 Å². The molecule has 0 aliphatic carbocycles. The molecular weight excluding hydrogens is 324 g/mol. The van der Waals surface area contributed by atoms with Crippen LogP contribution in [0.2, 0.25) is 0 Å². The van der Waals surface area contributed by atoms with Crippen LogP contribution in [-0.4, -0.2) is 18.2 Å². The number of hydrogen-bond donors (Lipinski definition) is 2. The molecule has 2 N–H and O–H groups in total. The number of anilines is 2. The minimum Gasteiger partial charge on any atom is -0.388 e. The Labute approximate surface area is 156 Å². The van der Waals surface area contributed by atoms with Crippen LogP contribution in [-0.2, 0) is 5.41 Å². The molecule has 2 aromatic carbocycles. The van der Waals surface area contributed by atoms with Crippen LogP contribution < -0.4 is 10.2 Å². The predicted octanol–water partition coefficient (Wildman–Crippen LogP) is 5.34. The number of urea groups is 1. The van der Waals surface area contributed by atoms with Gasteiger partial charge in [0.25, 0.3) is 0 Å². The van der Waals surface area contributed by atoms with E-state index in [9.17, 15) is 9.90 Å². The van der Waals surface area contributed by atoms with Crippen LogP contribution in [0.25, 0.3) is 0 Å². The number of rotatable bonds is 4. The lowest BCUT2D eigenvalue weighted by Gasteiger charge is -2.32. The maximum absolute atomic E-state index is 12.9. The van der Waals surface area contributed by atoms with Crippen molar-refractivity contribution in [2.75, 3.05) is 17.3 Å². The van der Waals surface area contributed by atoms with Gasteiger partial charge in [0.05, 0.1) is 11.8 Å². The quantitative estimate of drug-likeness (QED) is 0.778. The number of amides is 2. The Balaban J connectivity index is 2.49. The lowest BCUT2D eigenvalue weighted by atomic mass is 9.82. The summed E-state index contributed by atoms with van der Waals surface area (Å²) < 4.78 is 0. The van der Waals surface area contributed by atoms with Gasteiger partial charge >= 0.3 is 6.03 Å². The summed E-state index contributed by atoms with van der Waals surface area (Å²) in [4.78, 5) is 14.5. The molecule has 4 nitrogen and oxygen atoms in total. The van der Waals surface area contributed by atoms with Crippen molar-refractivity contribution >= 4 is 17.4 Å². The summed E-state index contributed by atoms with van der Waals surface area (Å²) in [6.45, 7) is 10.3. The number of nitrogens with zero attached hydrogens (tertiary/aromatic N) is 1. The van der Waals surface area contributed by atoms with Gasteiger partial charge in [-0.3, -0.25) is 4.90 Å². The third kappa shape index (κ3) is 4.44. The van der Waals surface area contributed by atoms with E-state index in [0.29, 0.717) is 0 Å². The van der Waals surface area contributed by atoms with Crippen LogP contribution in [0, 0.1) is 5.92 Å². The number of benzene rings is 2. The average molecular weight is 354 g/mol. The monoisotopic (exact) mass is 354 g/mol. The molecule has 0 aliphatic heterocycles. The molecular formula is C22H30N2O2. The van der Waals surface area contributed by atoms with Crippen LogP contribution in [0.1, 0.15) is 51.8 Å². The van der Waals surface area contributed by atoms with E-state index < -0.39 is 6.10 Å². The zero-order valence-corrected chi connectivity index (χ0v) is 16.6. The van der Waals surface area contributed by atoms with E-state index >= 15 is 0 Å². The van der Waals surface area contributed by atoms with Crippen molar-refractivity contribution in [1.82, 2.24) is 0 Å². The van der Waals surface area contributed by atoms with E-state index in [1.54, 1.807) is 11.9 Å². The third-order valence-corrected chi connectivity index (χ3v) is 4.49. The summed E-state index contributed by atoms with van der Waals surface area (Å²) in [5.41, 5.74) is 3.15. The minimum atomic E-state index is -0.640. The van der Waals surface area contributed by atoms with Crippen LogP contribution in [0.5, 0.6) is 0 Å². The molecule has 0 aliphatic rings. The Bertz CT molecular complexity index is 748. The second-order valence-electron chi connectivity index (χ2n) is 8.04. The van der Waals surface area contributed by atoms with Gasteiger partial charge < -0.3 is 10.4 Å². The highest BCUT2D eigenvalue weighted by molar-refractivity contribution is 6.02. The minimum absolute atomic E-state index is 0.0505. The summed E-state index contributed by atoms with van der Waals surface area (Å²) >= 11 is 0. The molecule has 2 rings (SSSR count). The van der Waals surface area contributed by atoms with E-state index in [0.717, 1.165) is 22.5 Å². The lowest BCUT2D eigenvalue weighted by Crippen LogP contribution is -2.34. The highest BCUT2D eigenvalue weighted by atomic mass is 16.3. The number of aliphatic hydroxyl groups excluding tert-OH is 1. The highest BCUT2D eigenvalue weighted by Gasteiger charge is 2.28. The first kappa shape index (κ1) is 20.0. The zero-order chi connectivity index (χ0) is 19.5. The molecule has 0 saturated carbocycles. The molecule has 0 unspecified atom stereocenters. The molecule has 0 heterocycles. The Morgan fingerprint density at radius 2 is 1.65 bits per heavy atom. The van der Waals surface area contributed by atoms with Gasteiger partial charge in [0.15, 0.2) is 0 Å². The van der Waals surface area contributed by atoms with Gasteiger partial charge in [0.1, 0.15) is 0 Å². The fourth-order valence-electron chi connectivity index (χ4n) is 2.97. The van der Waals surface area contributed by atoms with Crippen molar-refractivity contribution in [2.45, 2.75) is 46.1 Å². The maximum Gasteiger partial charge on any atom is 0.326 e. The van der Waals surface area contributed by atoms with Crippen LogP contribution in [0.4, 0.5) is 16.2 Å². The first-order chi connectivity index (χ1) is 12.1. The van der Waals surface area contributed by atoms with Crippen LogP contribution in [0.15, 0.2) is 48.5 Å². The molecule has 0 saturated heterocycles. The number of carbonyl (C=O) groups is 1. The standard InChI is InChI=1S/C22H30N2O2/c1-15(2)20(25)17-13-10-14-18(22(3,4)5)19(17)24(6)21(26)23-16-11-8-7-9-12-16/h7-15,20,25H,1-6H3,(H,23,26)/t20-/m1/s1. The van der Waals surface area contributed by atoms with E-state index in [1.807, 2.05) is 62.4 Å². The number of carbonyl (C=O) groups excluding carboxylic acids is 1. The van der Waals surface area contributed by atoms with E-state index in [4.69, 9.17) is 0 Å². The first-order valence-corrected chi connectivity index (χ1v) is 9.04. The summed E-state index contributed by atoms with van der Waals surface area (Å²) in [6, 6.07) is 15.0. The second-order valence-corrected chi connectivity index (χ2v) is 8.04. The summed E-state index contributed by atoms with van der Waals surface area (Å²) in [6.07, 6.45) is -0.640. The zero-order valence-electron chi connectivity index (χ0n) is 16.6. The number of aliphatic hydroxyl groups is 1. The Morgan fingerprint density at radius 3 is 2.19 bits per heavy atom. The van der Waals surface area contributed by atoms with E-state index in [-0.39, 0.29) is 17.4 Å². The summed E-state index contributed by atoms with van der Waals surface area (Å²) in [7, 11) is 1.75. The Hall–Kier alpha value is -2.33. The van der Waals surface area contributed by atoms with Crippen molar-refractivity contribution in [2.24, 2.45) is 5.92 Å². The van der Waals surface area contributed by atoms with Gasteiger partial charge in [-0.1, -0.05) is 71.0 Å². The molecule has 0 radical (unpaired) electrons. The molecule has 2 amide bonds. The van der Waals surface area contributed by atoms with E-state index in [1.165, 1.54) is 0 Å². The Morgan fingerprint density at radius 1 is 1.04 bits per heavy atom. The van der Waals surface area contributed by atoms with Crippen LogP contribution >= 0.6 is 0 Å². The predicted molar refractivity (Wildman–Crippen MR) is 109 cm³/mol. The molecule has 0 bridgehead atoms. The molecule has 1 atom stereocenters. The first-order valence-electron chi connectivity index (χ1n) is 9.04. The largest absolute Gasteiger partial charge is 0.388 e. The van der Waals surface area contributed by atoms with Gasteiger partial charge in [0.2, 0.25) is 0 Å². The normalized spacial score (nSPS) is 12.8. The van der Waals surface area contributed by atoms with Gasteiger partial charge in [0, 0.05) is 18.3 Å². The van der Waals surface area contributed by atoms with Crippen molar-refractivity contribution in [3.63, 3.8) is 0 Å². The Kier molecular flexibility index (Phi) is 6.09. The second kappa shape index (κ2) is 7.92. The van der Waals surface area contributed by atoms with Crippen molar-refractivity contribution in [3.8, 4) is 0 Å². The fourth-order valence-corrected chi connectivity index (χ4v) is 2.97. The van der Waals surface area contributed by atoms with Gasteiger partial charge in [-0.05, 0) is 29.0 Å². The number of nitrogens with one attached hydrogen (secondary N) is 1. The molecule has 0 aromatic heterocycles. The van der Waals surface area contributed by atoms with Crippen molar-refractivity contribution in [3.05, 3.63) is 59.7 Å².